The number of anilines is 1. The summed E-state index contributed by atoms with van der Waals surface area (Å²) in [5.41, 5.74) is 3.90. The van der Waals surface area contributed by atoms with Crippen LogP contribution < -0.4 is 33.4 Å². The van der Waals surface area contributed by atoms with E-state index in [1.54, 1.807) is 0 Å². The first-order chi connectivity index (χ1) is 20.3. The van der Waals surface area contributed by atoms with Gasteiger partial charge in [0.25, 0.3) is 0 Å². The molecule has 0 fully saturated rings. The van der Waals surface area contributed by atoms with Gasteiger partial charge in [0.15, 0.2) is 12.4 Å². The third-order valence-electron chi connectivity index (χ3n) is 8.48. The Kier molecular flexibility index (Phi) is 25.0. The van der Waals surface area contributed by atoms with Gasteiger partial charge < -0.3 is 28.9 Å². The molecule has 0 aliphatic heterocycles. The summed E-state index contributed by atoms with van der Waals surface area (Å²) in [6, 6.07) is 13.6. The summed E-state index contributed by atoms with van der Waals surface area (Å²) in [7, 11) is 0. The van der Waals surface area contributed by atoms with E-state index < -0.39 is 0 Å². The molecule has 2 rings (SSSR count). The monoisotopic (exact) mass is 688 g/mol. The zero-order chi connectivity index (χ0) is 29.2. The van der Waals surface area contributed by atoms with Gasteiger partial charge in [0.1, 0.15) is 6.54 Å². The molecule has 2 nitrogen and oxygen atoms in total. The Hall–Kier alpha value is -1.36. The van der Waals surface area contributed by atoms with Crippen LogP contribution in [0.3, 0.4) is 0 Å². The normalized spacial score (nSPS) is 11.2. The van der Waals surface area contributed by atoms with Crippen LogP contribution in [0.5, 0.6) is 0 Å². The summed E-state index contributed by atoms with van der Waals surface area (Å²) >= 11 is 0. The Morgan fingerprint density at radius 2 is 0.857 bits per heavy atom. The maximum absolute atomic E-state index is 2.55. The second-order valence-corrected chi connectivity index (χ2v) is 12.3. The molecule has 0 unspecified atom stereocenters. The summed E-state index contributed by atoms with van der Waals surface area (Å²) in [4.78, 5) is 2.55. The Balaban J connectivity index is 0.00000882. The third-order valence-corrected chi connectivity index (χ3v) is 8.48. The molecule has 2 aromatic rings. The van der Waals surface area contributed by atoms with Crippen LogP contribution in [0, 0.1) is 0 Å². The van der Waals surface area contributed by atoms with Crippen molar-refractivity contribution in [2.45, 2.75) is 156 Å². The predicted octanol–water partition coefficient (Wildman–Crippen LogP) is 8.82. The van der Waals surface area contributed by atoms with E-state index in [-0.39, 0.29) is 24.0 Å². The van der Waals surface area contributed by atoms with E-state index in [0.29, 0.717) is 0 Å². The van der Waals surface area contributed by atoms with Crippen molar-refractivity contribution in [3.05, 3.63) is 59.9 Å². The van der Waals surface area contributed by atoms with Gasteiger partial charge in [0.05, 0.1) is 0 Å². The first-order valence-corrected chi connectivity index (χ1v) is 17.8. The van der Waals surface area contributed by atoms with Crippen LogP contribution in [0.1, 0.15) is 160 Å². The van der Waals surface area contributed by atoms with Gasteiger partial charge in [-0.15, -0.1) is 0 Å². The van der Waals surface area contributed by atoms with Crippen molar-refractivity contribution < 1.29 is 28.5 Å². The zero-order valence-electron chi connectivity index (χ0n) is 27.8. The fraction of sp³-hybridized carbons (Fsp3) is 0.667. The molecule has 1 aromatic heterocycles. The van der Waals surface area contributed by atoms with E-state index in [4.69, 9.17) is 0 Å². The number of aryl methyl sites for hydroxylation is 1. The number of aromatic nitrogens is 1. The Bertz CT molecular complexity index is 866. The van der Waals surface area contributed by atoms with Gasteiger partial charge in [-0.3, -0.25) is 0 Å². The lowest BCUT2D eigenvalue weighted by Crippen LogP contribution is -3.00. The predicted molar refractivity (Wildman–Crippen MR) is 184 cm³/mol. The lowest BCUT2D eigenvalue weighted by molar-refractivity contribution is -0.697. The second-order valence-electron chi connectivity index (χ2n) is 12.3. The molecule has 1 heterocycles. The summed E-state index contributed by atoms with van der Waals surface area (Å²) in [5.74, 6) is 0. The van der Waals surface area contributed by atoms with Crippen molar-refractivity contribution in [1.29, 1.82) is 0 Å². The van der Waals surface area contributed by atoms with Crippen molar-refractivity contribution >= 4 is 17.8 Å². The average molecular weight is 689 g/mol. The Morgan fingerprint density at radius 1 is 0.476 bits per heavy atom. The summed E-state index contributed by atoms with van der Waals surface area (Å²) < 4.78 is 2.34. The molecule has 0 saturated heterocycles. The van der Waals surface area contributed by atoms with Crippen molar-refractivity contribution in [2.75, 3.05) is 18.0 Å². The first-order valence-electron chi connectivity index (χ1n) is 17.8. The maximum atomic E-state index is 2.55. The van der Waals surface area contributed by atoms with Crippen LogP contribution >= 0.6 is 0 Å². The first kappa shape index (κ1) is 38.7. The van der Waals surface area contributed by atoms with Crippen LogP contribution in [-0.2, 0) is 6.54 Å². The Morgan fingerprint density at radius 3 is 1.29 bits per heavy atom. The van der Waals surface area contributed by atoms with Crippen LogP contribution in [0.2, 0.25) is 0 Å². The van der Waals surface area contributed by atoms with Crippen LogP contribution in [0.4, 0.5) is 5.69 Å². The minimum absolute atomic E-state index is 0. The number of unbranched alkanes of at least 4 members (excludes halogenated alkanes) is 17. The molecule has 0 atom stereocenters. The van der Waals surface area contributed by atoms with E-state index in [9.17, 15) is 0 Å². The smallest absolute Gasteiger partial charge is 0.169 e. The van der Waals surface area contributed by atoms with E-state index in [2.05, 4.69) is 91.2 Å². The lowest BCUT2D eigenvalue weighted by Gasteiger charge is -2.24. The van der Waals surface area contributed by atoms with Gasteiger partial charge in [-0.25, -0.2) is 4.57 Å². The Labute approximate surface area is 278 Å². The lowest BCUT2D eigenvalue weighted by atomic mass is 10.0. The van der Waals surface area contributed by atoms with E-state index in [0.717, 1.165) is 19.6 Å². The highest BCUT2D eigenvalue weighted by Gasteiger charge is 2.05. The molecule has 0 saturated carbocycles. The molecule has 1 aromatic carbocycles. The average Bonchev–Trinajstić information content (AvgIpc) is 3.01. The molecule has 0 bridgehead atoms. The van der Waals surface area contributed by atoms with Crippen LogP contribution in [-0.4, -0.2) is 13.1 Å². The maximum Gasteiger partial charge on any atom is 0.169 e. The number of hydrogen-bond donors (Lipinski definition) is 0. The second kappa shape index (κ2) is 27.2. The number of pyridine rings is 1. The SMILES string of the molecule is CCCCCCCCCCCCCCCCCC[n+]1ccc(/C=C/c2ccc(N(CCCC)CCCC)cc2)cc1.[I-]. The largest absolute Gasteiger partial charge is 1.00 e. The number of rotatable bonds is 26. The molecule has 238 valence electrons. The molecule has 0 aliphatic carbocycles. The van der Waals surface area contributed by atoms with Gasteiger partial charge in [0, 0.05) is 37.3 Å². The molecule has 0 aliphatic rings. The van der Waals surface area contributed by atoms with Crippen molar-refractivity contribution in [3.8, 4) is 0 Å². The van der Waals surface area contributed by atoms with E-state index >= 15 is 0 Å². The van der Waals surface area contributed by atoms with Crippen molar-refractivity contribution in [2.24, 2.45) is 0 Å². The summed E-state index contributed by atoms with van der Waals surface area (Å²) in [6.07, 6.45) is 36.8. The van der Waals surface area contributed by atoms with Gasteiger partial charge in [0.2, 0.25) is 0 Å². The van der Waals surface area contributed by atoms with Gasteiger partial charge >= 0.3 is 0 Å². The molecular weight excluding hydrogens is 623 g/mol. The third kappa shape index (κ3) is 19.0. The number of hydrogen-bond acceptors (Lipinski definition) is 1. The summed E-state index contributed by atoms with van der Waals surface area (Å²) in [6.45, 7) is 10.3. The fourth-order valence-corrected chi connectivity index (χ4v) is 5.63. The quantitative estimate of drug-likeness (QED) is 0.0545. The van der Waals surface area contributed by atoms with Crippen molar-refractivity contribution in [3.63, 3.8) is 0 Å². The van der Waals surface area contributed by atoms with Crippen LogP contribution in [0.15, 0.2) is 48.8 Å². The minimum Gasteiger partial charge on any atom is -1.00 e. The number of halogens is 1. The molecule has 0 spiro atoms. The highest BCUT2D eigenvalue weighted by atomic mass is 127. The van der Waals surface area contributed by atoms with Gasteiger partial charge in [-0.1, -0.05) is 148 Å². The molecule has 0 N–H and O–H groups in total. The molecular formula is C39H65IN2. The topological polar surface area (TPSA) is 7.12 Å². The van der Waals surface area contributed by atoms with E-state index in [1.165, 1.54) is 145 Å². The molecule has 42 heavy (non-hydrogen) atoms. The van der Waals surface area contributed by atoms with Crippen molar-refractivity contribution in [1.82, 2.24) is 0 Å². The molecule has 0 amide bonds. The van der Waals surface area contributed by atoms with Gasteiger partial charge in [-0.2, -0.15) is 0 Å². The number of benzene rings is 1. The minimum atomic E-state index is 0. The molecule has 0 radical (unpaired) electrons. The van der Waals surface area contributed by atoms with E-state index in [1.807, 2.05) is 0 Å². The standard InChI is InChI=1S/C39H65N2.HI/c1-4-7-10-11-12-13-14-15-16-17-18-19-20-21-22-23-32-40-35-30-38(31-36-40)25-24-37-26-28-39(29-27-37)41(33-8-5-2)34-9-6-3;/h24-31,35-36H,4-23,32-34H2,1-3H3;1H/q+1;/p-1. The fourth-order valence-electron chi connectivity index (χ4n) is 5.63. The highest BCUT2D eigenvalue weighted by Crippen LogP contribution is 2.19. The van der Waals surface area contributed by atoms with Crippen LogP contribution in [0.25, 0.3) is 12.2 Å². The molecule has 3 heteroatoms. The summed E-state index contributed by atoms with van der Waals surface area (Å²) in [5, 5.41) is 0. The van der Waals surface area contributed by atoms with Gasteiger partial charge in [-0.05, 0) is 42.5 Å². The zero-order valence-corrected chi connectivity index (χ0v) is 30.0. The number of nitrogens with zero attached hydrogens (tertiary/aromatic N) is 2. The highest BCUT2D eigenvalue weighted by molar-refractivity contribution is 5.70.